The highest BCUT2D eigenvalue weighted by Gasteiger charge is 2.50. The number of carbonyl (C=O) groups excluding carboxylic acids is 2. The Morgan fingerprint density at radius 1 is 0.833 bits per heavy atom. The summed E-state index contributed by atoms with van der Waals surface area (Å²) in [6, 6.07) is 20.7. The van der Waals surface area contributed by atoms with E-state index >= 15 is 0 Å². The monoisotopic (exact) mass is 428 g/mol. The average Bonchev–Trinajstić information content (AvgIpc) is 2.75. The summed E-state index contributed by atoms with van der Waals surface area (Å²) in [5.74, 6) is -2.08. The molecule has 0 saturated heterocycles. The summed E-state index contributed by atoms with van der Waals surface area (Å²) in [6.45, 7) is 7.07. The minimum Gasteiger partial charge on any atom is -0.468 e. The first-order valence-electron chi connectivity index (χ1n) is 10.2. The highest BCUT2D eigenvalue weighted by atomic mass is 28.4. The quantitative estimate of drug-likeness (QED) is 0.265. The number of rotatable bonds is 9. The van der Waals surface area contributed by atoms with E-state index in [1.165, 1.54) is 24.6 Å². The van der Waals surface area contributed by atoms with Gasteiger partial charge in [0.1, 0.15) is 0 Å². The SMILES string of the molecule is COC(=O)C(CCCO[Si](c1ccccc1)(c1ccccc1)C(C)(C)C)C(=O)OC. The molecule has 0 aliphatic carbocycles. The maximum Gasteiger partial charge on any atom is 0.320 e. The predicted octanol–water partition coefficient (Wildman–Crippen LogP) is 3.31. The molecule has 0 heterocycles. The van der Waals surface area contributed by atoms with E-state index in [9.17, 15) is 9.59 Å². The molecule has 0 radical (unpaired) electrons. The summed E-state index contributed by atoms with van der Waals surface area (Å²) in [6.07, 6.45) is 0.858. The Hall–Kier alpha value is -2.44. The lowest BCUT2D eigenvalue weighted by Gasteiger charge is -2.43. The molecule has 0 N–H and O–H groups in total. The van der Waals surface area contributed by atoms with E-state index < -0.39 is 26.2 Å². The van der Waals surface area contributed by atoms with Crippen LogP contribution in [0.5, 0.6) is 0 Å². The summed E-state index contributed by atoms with van der Waals surface area (Å²) >= 11 is 0. The summed E-state index contributed by atoms with van der Waals surface area (Å²) in [5.41, 5.74) is 0. The van der Waals surface area contributed by atoms with Crippen LogP contribution in [0.2, 0.25) is 5.04 Å². The van der Waals surface area contributed by atoms with Crippen LogP contribution < -0.4 is 10.4 Å². The van der Waals surface area contributed by atoms with Crippen LogP contribution in [0.3, 0.4) is 0 Å². The van der Waals surface area contributed by atoms with Crippen LogP contribution in [0.25, 0.3) is 0 Å². The number of ether oxygens (including phenoxy) is 2. The first-order valence-corrected chi connectivity index (χ1v) is 12.1. The van der Waals surface area contributed by atoms with E-state index in [0.717, 1.165) is 0 Å². The maximum absolute atomic E-state index is 12.0. The molecule has 162 valence electrons. The van der Waals surface area contributed by atoms with Crippen molar-refractivity contribution in [1.82, 2.24) is 0 Å². The summed E-state index contributed by atoms with van der Waals surface area (Å²) in [7, 11) is -0.0748. The standard InChI is InChI=1S/C24H32O5Si/c1-24(2,3)30(19-13-8-6-9-14-19,20-15-10-7-11-16-20)29-18-12-17-21(22(25)27-4)23(26)28-5/h6-11,13-16,21H,12,17-18H2,1-5H3. The second-order valence-corrected chi connectivity index (χ2v) is 12.6. The van der Waals surface area contributed by atoms with E-state index in [4.69, 9.17) is 13.9 Å². The first-order chi connectivity index (χ1) is 14.3. The van der Waals surface area contributed by atoms with E-state index in [1.54, 1.807) is 0 Å². The van der Waals surface area contributed by atoms with Crippen molar-refractivity contribution in [3.05, 3.63) is 60.7 Å². The van der Waals surface area contributed by atoms with E-state index in [-0.39, 0.29) is 5.04 Å². The Balaban J connectivity index is 2.31. The third-order valence-corrected chi connectivity index (χ3v) is 10.4. The fourth-order valence-electron chi connectivity index (χ4n) is 3.89. The van der Waals surface area contributed by atoms with Gasteiger partial charge in [0.15, 0.2) is 5.92 Å². The van der Waals surface area contributed by atoms with E-state index in [2.05, 4.69) is 45.0 Å². The highest BCUT2D eigenvalue weighted by molar-refractivity contribution is 6.99. The number of carbonyl (C=O) groups is 2. The van der Waals surface area contributed by atoms with Gasteiger partial charge >= 0.3 is 11.9 Å². The molecule has 0 fully saturated rings. The molecule has 2 aromatic rings. The number of methoxy groups -OCH3 is 2. The first kappa shape index (κ1) is 23.8. The molecule has 6 heteroatoms. The van der Waals surface area contributed by atoms with Crippen molar-refractivity contribution in [3.8, 4) is 0 Å². The molecule has 0 aliphatic heterocycles. The topological polar surface area (TPSA) is 61.8 Å². The Morgan fingerprint density at radius 2 is 1.27 bits per heavy atom. The van der Waals surface area contributed by atoms with Crippen LogP contribution in [-0.2, 0) is 23.5 Å². The van der Waals surface area contributed by atoms with Crippen LogP contribution in [0.1, 0.15) is 33.6 Å². The fourth-order valence-corrected chi connectivity index (χ4v) is 8.50. The molecule has 2 rings (SSSR count). The van der Waals surface area contributed by atoms with Crippen LogP contribution in [0, 0.1) is 5.92 Å². The van der Waals surface area contributed by atoms with Gasteiger partial charge in [-0.1, -0.05) is 81.4 Å². The number of hydrogen-bond acceptors (Lipinski definition) is 5. The molecule has 0 aromatic heterocycles. The second kappa shape index (κ2) is 10.5. The lowest BCUT2D eigenvalue weighted by Crippen LogP contribution is -2.66. The van der Waals surface area contributed by atoms with Gasteiger partial charge in [-0.25, -0.2) is 0 Å². The molecular weight excluding hydrogens is 396 g/mol. The van der Waals surface area contributed by atoms with Crippen molar-refractivity contribution < 1.29 is 23.5 Å². The van der Waals surface area contributed by atoms with Gasteiger partial charge in [-0.05, 0) is 28.3 Å². The van der Waals surface area contributed by atoms with Gasteiger partial charge in [0.05, 0.1) is 14.2 Å². The van der Waals surface area contributed by atoms with Crippen LogP contribution in [0.4, 0.5) is 0 Å². The molecule has 0 aliphatic rings. The Morgan fingerprint density at radius 3 is 1.63 bits per heavy atom. The molecule has 0 amide bonds. The summed E-state index contributed by atoms with van der Waals surface area (Å²) in [4.78, 5) is 23.9. The predicted molar refractivity (Wildman–Crippen MR) is 120 cm³/mol. The average molecular weight is 429 g/mol. The van der Waals surface area contributed by atoms with Gasteiger partial charge in [0.2, 0.25) is 0 Å². The maximum atomic E-state index is 12.0. The number of hydrogen-bond donors (Lipinski definition) is 0. The lowest BCUT2D eigenvalue weighted by molar-refractivity contribution is -0.159. The zero-order valence-corrected chi connectivity index (χ0v) is 19.5. The molecule has 30 heavy (non-hydrogen) atoms. The Labute approximate surface area is 180 Å². The van der Waals surface area contributed by atoms with Crippen LogP contribution in [0.15, 0.2) is 60.7 Å². The van der Waals surface area contributed by atoms with Gasteiger partial charge in [-0.15, -0.1) is 0 Å². The zero-order valence-electron chi connectivity index (χ0n) is 18.5. The molecule has 0 atom stereocenters. The number of benzene rings is 2. The highest BCUT2D eigenvalue weighted by Crippen LogP contribution is 2.36. The van der Waals surface area contributed by atoms with Crippen molar-refractivity contribution in [3.63, 3.8) is 0 Å². The van der Waals surface area contributed by atoms with Crippen molar-refractivity contribution in [2.45, 2.75) is 38.7 Å². The third-order valence-electron chi connectivity index (χ3n) is 5.34. The molecule has 0 spiro atoms. The normalized spacial score (nSPS) is 11.9. The van der Waals surface area contributed by atoms with Gasteiger partial charge < -0.3 is 13.9 Å². The van der Waals surface area contributed by atoms with Crippen molar-refractivity contribution in [2.75, 3.05) is 20.8 Å². The van der Waals surface area contributed by atoms with Gasteiger partial charge in [-0.3, -0.25) is 9.59 Å². The van der Waals surface area contributed by atoms with E-state index in [0.29, 0.717) is 19.4 Å². The Kier molecular flexibility index (Phi) is 8.38. The van der Waals surface area contributed by atoms with E-state index in [1.807, 2.05) is 36.4 Å². The largest absolute Gasteiger partial charge is 0.468 e. The van der Waals surface area contributed by atoms with Crippen LogP contribution >= 0.6 is 0 Å². The molecule has 2 aromatic carbocycles. The number of esters is 2. The molecular formula is C24H32O5Si. The van der Waals surface area contributed by atoms with Crippen molar-refractivity contribution in [1.29, 1.82) is 0 Å². The van der Waals surface area contributed by atoms with Crippen molar-refractivity contribution >= 4 is 30.6 Å². The molecule has 0 unspecified atom stereocenters. The van der Waals surface area contributed by atoms with Gasteiger partial charge in [0, 0.05) is 6.61 Å². The molecule has 5 nitrogen and oxygen atoms in total. The summed E-state index contributed by atoms with van der Waals surface area (Å²) in [5, 5.41) is 2.27. The smallest absolute Gasteiger partial charge is 0.320 e. The third kappa shape index (κ3) is 5.18. The van der Waals surface area contributed by atoms with Crippen LogP contribution in [-0.4, -0.2) is 41.1 Å². The minimum atomic E-state index is -2.62. The molecule has 0 saturated carbocycles. The molecule has 0 bridgehead atoms. The van der Waals surface area contributed by atoms with Gasteiger partial charge in [-0.2, -0.15) is 0 Å². The fraction of sp³-hybridized carbons (Fsp3) is 0.417. The second-order valence-electron chi connectivity index (χ2n) is 8.25. The van der Waals surface area contributed by atoms with Crippen molar-refractivity contribution in [2.24, 2.45) is 5.92 Å². The minimum absolute atomic E-state index is 0.125. The lowest BCUT2D eigenvalue weighted by atomic mass is 10.0. The Bertz CT molecular complexity index is 759. The summed E-state index contributed by atoms with van der Waals surface area (Å²) < 4.78 is 16.3. The van der Waals surface area contributed by atoms with Gasteiger partial charge in [0.25, 0.3) is 8.32 Å². The zero-order chi connectivity index (χ0) is 22.2.